The van der Waals surface area contributed by atoms with Gasteiger partial charge in [0.1, 0.15) is 6.29 Å². The Kier molecular flexibility index (Phi) is 2.09. The largest absolute Gasteiger partial charge is 0.303 e. The van der Waals surface area contributed by atoms with Gasteiger partial charge in [-0.1, -0.05) is 36.4 Å². The molecule has 1 aromatic rings. The Balaban J connectivity index is 2.19. The zero-order valence-corrected chi connectivity index (χ0v) is 9.61. The molecule has 0 aromatic heterocycles. The predicted molar refractivity (Wildman–Crippen MR) is 65.1 cm³/mol. The third-order valence-corrected chi connectivity index (χ3v) is 3.71. The molecule has 0 saturated carbocycles. The molecule has 0 spiro atoms. The Morgan fingerprint density at radius 3 is 2.94 bits per heavy atom. The summed E-state index contributed by atoms with van der Waals surface area (Å²) in [5, 5.41) is 0. The molecular weight excluding hydrogens is 215 g/mol. The topological polar surface area (TPSA) is 17.1 Å². The summed E-state index contributed by atoms with van der Waals surface area (Å²) in [6.45, 7) is 1.60. The van der Waals surface area contributed by atoms with E-state index in [-0.39, 0.29) is 5.92 Å². The number of hydrogen-bond acceptors (Lipinski definition) is 1. The van der Waals surface area contributed by atoms with Crippen LogP contribution in [0.15, 0.2) is 42.0 Å². The first-order chi connectivity index (χ1) is 8.14. The van der Waals surface area contributed by atoms with Gasteiger partial charge in [-0.3, -0.25) is 0 Å². The van der Waals surface area contributed by atoms with E-state index in [1.807, 2.05) is 24.3 Å². The van der Waals surface area contributed by atoms with Crippen LogP contribution in [0.25, 0.3) is 5.57 Å². The lowest BCUT2D eigenvalue weighted by molar-refractivity contribution is -0.109. The number of rotatable bonds is 1. The van der Waals surface area contributed by atoms with Crippen LogP contribution in [-0.4, -0.2) is 6.29 Å². The third kappa shape index (κ3) is 1.33. The van der Waals surface area contributed by atoms with E-state index in [9.17, 15) is 9.18 Å². The Morgan fingerprint density at radius 2 is 2.18 bits per heavy atom. The molecule has 2 heteroatoms. The van der Waals surface area contributed by atoms with Crippen LogP contribution in [0.4, 0.5) is 4.39 Å². The molecular formula is C15H13FO. The molecule has 0 heterocycles. The van der Waals surface area contributed by atoms with Crippen molar-refractivity contribution < 1.29 is 9.18 Å². The van der Waals surface area contributed by atoms with Gasteiger partial charge in [-0.05, 0) is 30.1 Å². The van der Waals surface area contributed by atoms with E-state index in [4.69, 9.17) is 0 Å². The van der Waals surface area contributed by atoms with E-state index in [2.05, 4.69) is 0 Å². The zero-order chi connectivity index (χ0) is 12.0. The number of benzene rings is 1. The van der Waals surface area contributed by atoms with Gasteiger partial charge in [0.2, 0.25) is 0 Å². The molecule has 0 fully saturated rings. The zero-order valence-electron chi connectivity index (χ0n) is 9.61. The molecule has 1 aromatic carbocycles. The highest BCUT2D eigenvalue weighted by Gasteiger charge is 2.41. The maximum Gasteiger partial charge on any atom is 0.159 e. The van der Waals surface area contributed by atoms with Crippen molar-refractivity contribution in [2.75, 3.05) is 0 Å². The van der Waals surface area contributed by atoms with Gasteiger partial charge in [0.25, 0.3) is 0 Å². The van der Waals surface area contributed by atoms with Gasteiger partial charge < -0.3 is 4.79 Å². The Morgan fingerprint density at radius 1 is 1.41 bits per heavy atom. The standard InChI is InChI=1S/C15H13FO/c1-15(16)13-5-3-2-4-11(13)12-8-10(9-17)6-7-14(12)15/h2-7,9-10H,8H2,1H3. The van der Waals surface area contributed by atoms with Gasteiger partial charge in [0.15, 0.2) is 5.67 Å². The first-order valence-corrected chi connectivity index (χ1v) is 5.80. The van der Waals surface area contributed by atoms with Crippen LogP contribution in [-0.2, 0) is 10.5 Å². The fourth-order valence-corrected chi connectivity index (χ4v) is 2.82. The van der Waals surface area contributed by atoms with Crippen molar-refractivity contribution in [2.45, 2.75) is 19.0 Å². The van der Waals surface area contributed by atoms with Gasteiger partial charge in [0, 0.05) is 11.5 Å². The first kappa shape index (κ1) is 10.5. The molecule has 2 atom stereocenters. The maximum atomic E-state index is 14.8. The number of carbonyl (C=O) groups is 1. The molecule has 0 radical (unpaired) electrons. The lowest BCUT2D eigenvalue weighted by atomic mass is 9.87. The number of aldehydes is 1. The summed E-state index contributed by atoms with van der Waals surface area (Å²) in [6, 6.07) is 7.54. The molecule has 0 amide bonds. The second-order valence-electron chi connectivity index (χ2n) is 4.80. The van der Waals surface area contributed by atoms with Crippen LogP contribution in [0.5, 0.6) is 0 Å². The van der Waals surface area contributed by atoms with Crippen molar-refractivity contribution in [3.8, 4) is 0 Å². The van der Waals surface area contributed by atoms with Crippen LogP contribution < -0.4 is 0 Å². The molecule has 0 N–H and O–H groups in total. The fraction of sp³-hybridized carbons (Fsp3) is 0.267. The second kappa shape index (κ2) is 3.39. The average Bonchev–Trinajstić information content (AvgIpc) is 2.59. The highest BCUT2D eigenvalue weighted by Crippen LogP contribution is 2.51. The summed E-state index contributed by atoms with van der Waals surface area (Å²) in [5.74, 6) is -0.115. The molecule has 86 valence electrons. The summed E-state index contributed by atoms with van der Waals surface area (Å²) in [4.78, 5) is 10.9. The number of hydrogen-bond donors (Lipinski definition) is 0. The third-order valence-electron chi connectivity index (χ3n) is 3.71. The second-order valence-corrected chi connectivity index (χ2v) is 4.80. The van der Waals surface area contributed by atoms with Crippen molar-refractivity contribution in [2.24, 2.45) is 5.92 Å². The molecule has 1 nitrogen and oxygen atoms in total. The number of alkyl halides is 1. The lowest BCUT2D eigenvalue weighted by Gasteiger charge is -2.20. The van der Waals surface area contributed by atoms with Gasteiger partial charge in [-0.25, -0.2) is 4.39 Å². The van der Waals surface area contributed by atoms with Gasteiger partial charge in [-0.2, -0.15) is 0 Å². The summed E-state index contributed by atoms with van der Waals surface area (Å²) in [6.07, 6.45) is 5.12. The smallest absolute Gasteiger partial charge is 0.159 e. The van der Waals surface area contributed by atoms with E-state index in [0.717, 1.165) is 28.6 Å². The Hall–Kier alpha value is -1.70. The van der Waals surface area contributed by atoms with Crippen molar-refractivity contribution >= 4 is 11.9 Å². The normalized spacial score (nSPS) is 30.1. The average molecular weight is 228 g/mol. The van der Waals surface area contributed by atoms with Gasteiger partial charge in [-0.15, -0.1) is 0 Å². The SMILES string of the molecule is CC1(F)C2=C(CC(C=O)C=C2)c2ccccc21. The van der Waals surface area contributed by atoms with Crippen LogP contribution in [0.1, 0.15) is 24.5 Å². The van der Waals surface area contributed by atoms with Crippen molar-refractivity contribution in [3.05, 3.63) is 53.1 Å². The maximum absolute atomic E-state index is 14.8. The predicted octanol–water partition coefficient (Wildman–Crippen LogP) is 3.41. The first-order valence-electron chi connectivity index (χ1n) is 5.80. The summed E-state index contributed by atoms with van der Waals surface area (Å²) >= 11 is 0. The quantitative estimate of drug-likeness (QED) is 0.673. The van der Waals surface area contributed by atoms with E-state index < -0.39 is 5.67 Å². The molecule has 0 aliphatic heterocycles. The molecule has 3 rings (SSSR count). The minimum Gasteiger partial charge on any atom is -0.303 e. The summed E-state index contributed by atoms with van der Waals surface area (Å²) in [7, 11) is 0. The molecule has 0 bridgehead atoms. The monoisotopic (exact) mass is 228 g/mol. The van der Waals surface area contributed by atoms with Crippen LogP contribution in [0.2, 0.25) is 0 Å². The Bertz CT molecular complexity index is 552. The van der Waals surface area contributed by atoms with Crippen molar-refractivity contribution in [1.82, 2.24) is 0 Å². The summed E-state index contributed by atoms with van der Waals surface area (Å²) < 4.78 is 14.8. The summed E-state index contributed by atoms with van der Waals surface area (Å²) in [5.41, 5.74) is 1.97. The highest BCUT2D eigenvalue weighted by atomic mass is 19.1. The number of carbonyl (C=O) groups excluding carboxylic acids is 1. The van der Waals surface area contributed by atoms with E-state index in [1.165, 1.54) is 0 Å². The van der Waals surface area contributed by atoms with E-state index >= 15 is 0 Å². The van der Waals surface area contributed by atoms with E-state index in [1.54, 1.807) is 19.1 Å². The van der Waals surface area contributed by atoms with Gasteiger partial charge >= 0.3 is 0 Å². The van der Waals surface area contributed by atoms with Gasteiger partial charge in [0.05, 0.1) is 0 Å². The Labute approximate surface area is 99.7 Å². The van der Waals surface area contributed by atoms with Crippen molar-refractivity contribution in [3.63, 3.8) is 0 Å². The van der Waals surface area contributed by atoms with Crippen molar-refractivity contribution in [1.29, 1.82) is 0 Å². The molecule has 17 heavy (non-hydrogen) atoms. The van der Waals surface area contributed by atoms with Crippen LogP contribution in [0.3, 0.4) is 0 Å². The van der Waals surface area contributed by atoms with E-state index in [0.29, 0.717) is 6.42 Å². The van der Waals surface area contributed by atoms with Crippen LogP contribution >= 0.6 is 0 Å². The number of allylic oxidation sites excluding steroid dienone is 4. The lowest BCUT2D eigenvalue weighted by Crippen LogP contribution is -2.15. The number of fused-ring (bicyclic) bond motifs is 2. The fourth-order valence-electron chi connectivity index (χ4n) is 2.82. The highest BCUT2D eigenvalue weighted by molar-refractivity contribution is 5.84. The minimum absolute atomic E-state index is 0.115. The molecule has 2 aliphatic rings. The molecule has 2 unspecified atom stereocenters. The minimum atomic E-state index is -1.42. The number of halogens is 1. The molecule has 0 saturated heterocycles. The molecule has 2 aliphatic carbocycles. The van der Waals surface area contributed by atoms with Crippen LogP contribution in [0, 0.1) is 5.92 Å².